The molecule has 0 radical (unpaired) electrons. The molecule has 0 spiro atoms. The molecule has 0 N–H and O–H groups in total. The van der Waals surface area contributed by atoms with Crippen molar-refractivity contribution in [1.29, 1.82) is 0 Å². The van der Waals surface area contributed by atoms with Gasteiger partial charge in [-0.3, -0.25) is 0 Å². The molecule has 1 aromatic heterocycles. The standard InChI is InChI=1S/C69H46N2/c1-4-19-47(20-5-1)57-33-16-22-50-23-17-34-58(67(50)57)49-37-40-54(41-38-49)70(56-42-44-65-62(46-56)68-59-30-11-10-21-48(59)39-43-66(68)71(65)53-27-8-3-9-28-53)55-29-18-26-52(45-55)69(51-24-6-2-7-25-51)63-35-14-12-31-60(63)61-32-13-15-36-64(61)69/h1-46H. The summed E-state index contributed by atoms with van der Waals surface area (Å²) in [4.78, 5) is 2.47. The van der Waals surface area contributed by atoms with Gasteiger partial charge in [0.05, 0.1) is 16.4 Å². The van der Waals surface area contributed by atoms with Crippen LogP contribution in [0.5, 0.6) is 0 Å². The number of nitrogens with zero attached hydrogens (tertiary/aromatic N) is 2. The Morgan fingerprint density at radius 1 is 0.296 bits per heavy atom. The van der Waals surface area contributed by atoms with Crippen LogP contribution in [0.1, 0.15) is 22.3 Å². The van der Waals surface area contributed by atoms with Gasteiger partial charge in [-0.25, -0.2) is 0 Å². The van der Waals surface area contributed by atoms with Crippen LogP contribution in [0, 0.1) is 0 Å². The Bertz CT molecular complexity index is 4100. The van der Waals surface area contributed by atoms with Gasteiger partial charge in [-0.1, -0.05) is 218 Å². The Kier molecular flexibility index (Phi) is 9.47. The molecule has 0 fully saturated rings. The van der Waals surface area contributed by atoms with E-state index in [2.05, 4.69) is 289 Å². The highest BCUT2D eigenvalue weighted by Crippen LogP contribution is 2.57. The first-order chi connectivity index (χ1) is 35.2. The lowest BCUT2D eigenvalue weighted by molar-refractivity contribution is 0.768. The molecule has 1 aliphatic carbocycles. The predicted octanol–water partition coefficient (Wildman–Crippen LogP) is 18.3. The van der Waals surface area contributed by atoms with E-state index < -0.39 is 5.41 Å². The van der Waals surface area contributed by atoms with Crippen LogP contribution >= 0.6 is 0 Å². The molecule has 2 nitrogen and oxygen atoms in total. The highest BCUT2D eigenvalue weighted by atomic mass is 15.1. The normalized spacial score (nSPS) is 12.6. The number of hydrogen-bond acceptors (Lipinski definition) is 1. The minimum absolute atomic E-state index is 0.545. The smallest absolute Gasteiger partial charge is 0.0714 e. The maximum atomic E-state index is 2.47. The third-order valence-corrected chi connectivity index (χ3v) is 15.0. The Morgan fingerprint density at radius 3 is 1.54 bits per heavy atom. The molecular weight excluding hydrogens is 857 g/mol. The second-order valence-electron chi connectivity index (χ2n) is 18.8. The third kappa shape index (κ3) is 6.35. The van der Waals surface area contributed by atoms with E-state index in [-0.39, 0.29) is 0 Å². The van der Waals surface area contributed by atoms with Gasteiger partial charge in [0.15, 0.2) is 0 Å². The molecule has 0 saturated heterocycles. The van der Waals surface area contributed by atoms with E-state index in [4.69, 9.17) is 0 Å². The summed E-state index contributed by atoms with van der Waals surface area (Å²) in [6, 6.07) is 103. The fourth-order valence-corrected chi connectivity index (χ4v) is 12.0. The first-order valence-corrected chi connectivity index (χ1v) is 24.6. The van der Waals surface area contributed by atoms with Crippen LogP contribution in [0.15, 0.2) is 279 Å². The number of rotatable bonds is 8. The minimum Gasteiger partial charge on any atom is -0.310 e. The Morgan fingerprint density at radius 2 is 0.817 bits per heavy atom. The van der Waals surface area contributed by atoms with E-state index in [1.807, 2.05) is 0 Å². The molecular formula is C69H46N2. The van der Waals surface area contributed by atoms with Crippen molar-refractivity contribution in [1.82, 2.24) is 4.57 Å². The second-order valence-corrected chi connectivity index (χ2v) is 18.8. The van der Waals surface area contributed by atoms with E-state index in [0.29, 0.717) is 0 Å². The molecule has 14 rings (SSSR count). The van der Waals surface area contributed by atoms with E-state index in [0.717, 1.165) is 22.7 Å². The Labute approximate surface area is 413 Å². The van der Waals surface area contributed by atoms with Gasteiger partial charge in [-0.05, 0) is 138 Å². The number of aromatic nitrogens is 1. The highest BCUT2D eigenvalue weighted by molar-refractivity contribution is 6.22. The van der Waals surface area contributed by atoms with Gasteiger partial charge in [0.25, 0.3) is 0 Å². The predicted molar refractivity (Wildman–Crippen MR) is 299 cm³/mol. The average molecular weight is 903 g/mol. The van der Waals surface area contributed by atoms with Crippen molar-refractivity contribution < 1.29 is 0 Å². The lowest BCUT2D eigenvalue weighted by atomic mass is 9.67. The van der Waals surface area contributed by atoms with Crippen molar-refractivity contribution in [2.75, 3.05) is 4.90 Å². The fraction of sp³-hybridized carbons (Fsp3) is 0.0145. The molecule has 0 atom stereocenters. The van der Waals surface area contributed by atoms with Crippen molar-refractivity contribution in [3.8, 4) is 39.1 Å². The van der Waals surface area contributed by atoms with Crippen molar-refractivity contribution >= 4 is 60.4 Å². The summed E-state index contributed by atoms with van der Waals surface area (Å²) in [5.74, 6) is 0. The summed E-state index contributed by atoms with van der Waals surface area (Å²) >= 11 is 0. The van der Waals surface area contributed by atoms with Crippen LogP contribution in [0.3, 0.4) is 0 Å². The zero-order valence-electron chi connectivity index (χ0n) is 39.0. The minimum atomic E-state index is -0.545. The summed E-state index contributed by atoms with van der Waals surface area (Å²) in [5, 5.41) is 7.41. The molecule has 0 aliphatic heterocycles. The largest absolute Gasteiger partial charge is 0.310 e. The van der Waals surface area contributed by atoms with Gasteiger partial charge in [-0.15, -0.1) is 0 Å². The molecule has 13 aromatic rings. The van der Waals surface area contributed by atoms with Crippen LogP contribution in [-0.4, -0.2) is 4.57 Å². The van der Waals surface area contributed by atoms with Gasteiger partial charge in [-0.2, -0.15) is 0 Å². The lowest BCUT2D eigenvalue weighted by Gasteiger charge is -2.35. The van der Waals surface area contributed by atoms with Crippen LogP contribution < -0.4 is 4.90 Å². The zero-order chi connectivity index (χ0) is 46.9. The first-order valence-electron chi connectivity index (χ1n) is 24.6. The number of hydrogen-bond donors (Lipinski definition) is 0. The second kappa shape index (κ2) is 16.5. The van der Waals surface area contributed by atoms with Crippen LogP contribution in [0.4, 0.5) is 17.1 Å². The average Bonchev–Trinajstić information content (AvgIpc) is 3.95. The van der Waals surface area contributed by atoms with Crippen LogP contribution in [-0.2, 0) is 5.41 Å². The van der Waals surface area contributed by atoms with Gasteiger partial charge in [0.1, 0.15) is 0 Å². The van der Waals surface area contributed by atoms with Gasteiger partial charge in [0.2, 0.25) is 0 Å². The maximum absolute atomic E-state index is 2.47. The summed E-state index contributed by atoms with van der Waals surface area (Å²) in [6.07, 6.45) is 0. The zero-order valence-corrected chi connectivity index (χ0v) is 39.0. The Hall–Kier alpha value is -9.24. The van der Waals surface area contributed by atoms with E-state index in [1.54, 1.807) is 0 Å². The number of benzene rings is 12. The summed E-state index contributed by atoms with van der Waals surface area (Å²) in [6.45, 7) is 0. The molecule has 2 heteroatoms. The van der Waals surface area contributed by atoms with E-state index >= 15 is 0 Å². The van der Waals surface area contributed by atoms with E-state index in [1.165, 1.54) is 99.0 Å². The third-order valence-electron chi connectivity index (χ3n) is 15.0. The molecule has 71 heavy (non-hydrogen) atoms. The molecule has 0 unspecified atom stereocenters. The lowest BCUT2D eigenvalue weighted by Crippen LogP contribution is -2.28. The molecule has 1 aliphatic rings. The summed E-state index contributed by atoms with van der Waals surface area (Å²) in [5.41, 5.74) is 18.7. The van der Waals surface area contributed by atoms with Crippen LogP contribution in [0.25, 0.3) is 82.4 Å². The fourth-order valence-electron chi connectivity index (χ4n) is 12.0. The number of para-hydroxylation sites is 1. The van der Waals surface area contributed by atoms with Crippen molar-refractivity contribution in [3.05, 3.63) is 301 Å². The molecule has 1 heterocycles. The van der Waals surface area contributed by atoms with Crippen molar-refractivity contribution in [2.24, 2.45) is 0 Å². The van der Waals surface area contributed by atoms with Gasteiger partial charge < -0.3 is 9.47 Å². The van der Waals surface area contributed by atoms with Crippen molar-refractivity contribution in [2.45, 2.75) is 5.41 Å². The molecule has 12 aromatic carbocycles. The molecule has 0 saturated carbocycles. The molecule has 0 bridgehead atoms. The highest BCUT2D eigenvalue weighted by Gasteiger charge is 2.46. The number of fused-ring (bicyclic) bond motifs is 9. The summed E-state index contributed by atoms with van der Waals surface area (Å²) < 4.78 is 2.42. The SMILES string of the molecule is c1ccc(-c2cccc3cccc(-c4ccc(N(c5cccc(C6(c7ccccc7)c7ccccc7-c7ccccc76)c5)c5ccc6c(c5)c5c7ccccc7ccc5n6-c5ccccc5)cc4)c23)cc1. The number of anilines is 3. The quantitative estimate of drug-likeness (QED) is 0.147. The molecule has 0 amide bonds. The van der Waals surface area contributed by atoms with Gasteiger partial charge in [0, 0.05) is 33.5 Å². The molecule has 332 valence electrons. The Balaban J connectivity index is 1.01. The van der Waals surface area contributed by atoms with E-state index in [9.17, 15) is 0 Å². The van der Waals surface area contributed by atoms with Crippen LogP contribution in [0.2, 0.25) is 0 Å². The maximum Gasteiger partial charge on any atom is 0.0714 e. The summed E-state index contributed by atoms with van der Waals surface area (Å²) in [7, 11) is 0. The van der Waals surface area contributed by atoms with Crippen molar-refractivity contribution in [3.63, 3.8) is 0 Å². The first kappa shape index (κ1) is 40.8. The topological polar surface area (TPSA) is 8.17 Å². The monoisotopic (exact) mass is 902 g/mol. The van der Waals surface area contributed by atoms with Gasteiger partial charge >= 0.3 is 0 Å².